The van der Waals surface area contributed by atoms with E-state index in [-0.39, 0.29) is 0 Å². The van der Waals surface area contributed by atoms with Gasteiger partial charge in [0.1, 0.15) is 11.5 Å². The zero-order chi connectivity index (χ0) is 12.1. The van der Waals surface area contributed by atoms with Crippen molar-refractivity contribution in [3.63, 3.8) is 0 Å². The van der Waals surface area contributed by atoms with Crippen LogP contribution in [0.1, 0.15) is 11.7 Å². The molecule has 0 aromatic heterocycles. The SMILES string of the molecule is CNCC(O)c1cc(OC)cc(Br)c1OC. The quantitative estimate of drug-likeness (QED) is 0.867. The van der Waals surface area contributed by atoms with Gasteiger partial charge in [0.25, 0.3) is 0 Å². The smallest absolute Gasteiger partial charge is 0.139 e. The van der Waals surface area contributed by atoms with Crippen molar-refractivity contribution in [2.45, 2.75) is 6.10 Å². The lowest BCUT2D eigenvalue weighted by Gasteiger charge is -2.17. The van der Waals surface area contributed by atoms with Crippen molar-refractivity contribution in [2.75, 3.05) is 27.8 Å². The van der Waals surface area contributed by atoms with E-state index in [0.29, 0.717) is 23.6 Å². The van der Waals surface area contributed by atoms with Crippen LogP contribution in [0.2, 0.25) is 0 Å². The number of benzene rings is 1. The fourth-order valence-electron chi connectivity index (χ4n) is 1.47. The number of hydrogen-bond acceptors (Lipinski definition) is 4. The normalized spacial score (nSPS) is 12.3. The largest absolute Gasteiger partial charge is 0.497 e. The topological polar surface area (TPSA) is 50.7 Å². The third kappa shape index (κ3) is 2.87. The number of nitrogens with one attached hydrogen (secondary N) is 1. The van der Waals surface area contributed by atoms with Crippen LogP contribution in [-0.2, 0) is 0 Å². The fraction of sp³-hybridized carbons (Fsp3) is 0.455. The minimum atomic E-state index is -0.633. The summed E-state index contributed by atoms with van der Waals surface area (Å²) in [5, 5.41) is 12.9. The molecular weight excluding hydrogens is 274 g/mol. The van der Waals surface area contributed by atoms with Gasteiger partial charge < -0.3 is 19.9 Å². The van der Waals surface area contributed by atoms with Gasteiger partial charge in [-0.3, -0.25) is 0 Å². The average molecular weight is 290 g/mol. The maximum atomic E-state index is 9.96. The lowest BCUT2D eigenvalue weighted by molar-refractivity contribution is 0.173. The molecule has 90 valence electrons. The lowest BCUT2D eigenvalue weighted by Crippen LogP contribution is -2.17. The molecule has 0 saturated heterocycles. The van der Waals surface area contributed by atoms with Crippen LogP contribution in [0.5, 0.6) is 11.5 Å². The molecule has 0 aliphatic heterocycles. The van der Waals surface area contributed by atoms with Gasteiger partial charge in [0, 0.05) is 12.1 Å². The van der Waals surface area contributed by atoms with E-state index in [9.17, 15) is 5.11 Å². The first kappa shape index (κ1) is 13.3. The predicted octanol–water partition coefficient (Wildman–Crippen LogP) is 1.72. The molecule has 0 aliphatic rings. The average Bonchev–Trinajstić information content (AvgIpc) is 2.28. The molecule has 1 unspecified atom stereocenters. The van der Waals surface area contributed by atoms with Gasteiger partial charge >= 0.3 is 0 Å². The highest BCUT2D eigenvalue weighted by Gasteiger charge is 2.17. The van der Waals surface area contributed by atoms with E-state index in [4.69, 9.17) is 9.47 Å². The van der Waals surface area contributed by atoms with Crippen LogP contribution >= 0.6 is 15.9 Å². The van der Waals surface area contributed by atoms with Gasteiger partial charge in [-0.15, -0.1) is 0 Å². The Hall–Kier alpha value is -0.780. The Morgan fingerprint density at radius 3 is 2.56 bits per heavy atom. The predicted molar refractivity (Wildman–Crippen MR) is 66.1 cm³/mol. The highest BCUT2D eigenvalue weighted by Crippen LogP contribution is 2.36. The summed E-state index contributed by atoms with van der Waals surface area (Å²) in [6.07, 6.45) is -0.633. The number of halogens is 1. The summed E-state index contributed by atoms with van der Waals surface area (Å²) in [5.74, 6) is 1.31. The fourth-order valence-corrected chi connectivity index (χ4v) is 2.09. The van der Waals surface area contributed by atoms with Gasteiger partial charge in [0.05, 0.1) is 24.8 Å². The van der Waals surface area contributed by atoms with Crippen molar-refractivity contribution in [3.8, 4) is 11.5 Å². The summed E-state index contributed by atoms with van der Waals surface area (Å²) in [7, 11) is 4.94. The zero-order valence-electron chi connectivity index (χ0n) is 9.58. The first-order valence-corrected chi connectivity index (χ1v) is 5.67. The van der Waals surface area contributed by atoms with E-state index in [2.05, 4.69) is 21.2 Å². The first-order valence-electron chi connectivity index (χ1n) is 4.88. The van der Waals surface area contributed by atoms with Gasteiger partial charge in [-0.05, 0) is 35.1 Å². The van der Waals surface area contributed by atoms with E-state index >= 15 is 0 Å². The molecule has 16 heavy (non-hydrogen) atoms. The van der Waals surface area contributed by atoms with Crippen molar-refractivity contribution in [3.05, 3.63) is 22.2 Å². The zero-order valence-corrected chi connectivity index (χ0v) is 11.2. The summed E-state index contributed by atoms with van der Waals surface area (Å²) in [4.78, 5) is 0. The molecule has 0 spiro atoms. The van der Waals surface area contributed by atoms with Gasteiger partial charge in [-0.2, -0.15) is 0 Å². The molecule has 0 bridgehead atoms. The van der Waals surface area contributed by atoms with Crippen LogP contribution in [0.4, 0.5) is 0 Å². The van der Waals surface area contributed by atoms with E-state index in [0.717, 1.165) is 4.47 Å². The molecule has 1 atom stereocenters. The Morgan fingerprint density at radius 1 is 1.38 bits per heavy atom. The third-order valence-electron chi connectivity index (χ3n) is 2.24. The molecule has 0 saturated carbocycles. The summed E-state index contributed by atoms with van der Waals surface area (Å²) < 4.78 is 11.2. The van der Waals surface area contributed by atoms with Crippen LogP contribution in [-0.4, -0.2) is 32.9 Å². The molecular formula is C11H16BrNO3. The number of methoxy groups -OCH3 is 2. The Kier molecular flexibility index (Phi) is 5.05. The van der Waals surface area contributed by atoms with E-state index in [1.807, 2.05) is 0 Å². The second-order valence-electron chi connectivity index (χ2n) is 3.31. The minimum Gasteiger partial charge on any atom is -0.497 e. The summed E-state index contributed by atoms with van der Waals surface area (Å²) in [5.41, 5.74) is 0.697. The summed E-state index contributed by atoms with van der Waals surface area (Å²) in [6, 6.07) is 3.57. The molecule has 5 heteroatoms. The molecule has 0 fully saturated rings. The molecule has 1 aromatic carbocycles. The maximum Gasteiger partial charge on any atom is 0.139 e. The summed E-state index contributed by atoms with van der Waals surface area (Å²) in [6.45, 7) is 0.454. The van der Waals surface area contributed by atoms with E-state index < -0.39 is 6.10 Å². The summed E-state index contributed by atoms with van der Waals surface area (Å²) >= 11 is 3.38. The molecule has 1 aromatic rings. The van der Waals surface area contributed by atoms with Crippen molar-refractivity contribution in [1.82, 2.24) is 5.32 Å². The maximum absolute atomic E-state index is 9.96. The van der Waals surface area contributed by atoms with Crippen molar-refractivity contribution in [2.24, 2.45) is 0 Å². The van der Waals surface area contributed by atoms with Crippen molar-refractivity contribution < 1.29 is 14.6 Å². The Labute approximate surface area is 104 Å². The van der Waals surface area contributed by atoms with E-state index in [1.54, 1.807) is 33.4 Å². The first-order chi connectivity index (χ1) is 7.63. The molecule has 4 nitrogen and oxygen atoms in total. The Bertz CT molecular complexity index is 357. The van der Waals surface area contributed by atoms with Crippen LogP contribution < -0.4 is 14.8 Å². The third-order valence-corrected chi connectivity index (χ3v) is 2.83. The molecule has 0 heterocycles. The molecule has 2 N–H and O–H groups in total. The number of aliphatic hydroxyl groups is 1. The number of rotatable bonds is 5. The monoisotopic (exact) mass is 289 g/mol. The van der Waals surface area contributed by atoms with Crippen LogP contribution in [0, 0.1) is 0 Å². The van der Waals surface area contributed by atoms with Gasteiger partial charge in [0.15, 0.2) is 0 Å². The van der Waals surface area contributed by atoms with Gasteiger partial charge in [-0.1, -0.05) is 0 Å². The van der Waals surface area contributed by atoms with Gasteiger partial charge in [0.2, 0.25) is 0 Å². The second-order valence-corrected chi connectivity index (χ2v) is 4.16. The Morgan fingerprint density at radius 2 is 2.06 bits per heavy atom. The molecule has 0 aliphatic carbocycles. The molecule has 0 radical (unpaired) electrons. The van der Waals surface area contributed by atoms with Crippen LogP contribution in [0.25, 0.3) is 0 Å². The number of likely N-dealkylation sites (N-methyl/N-ethyl adjacent to an activating group) is 1. The number of hydrogen-bond donors (Lipinski definition) is 2. The highest BCUT2D eigenvalue weighted by molar-refractivity contribution is 9.10. The van der Waals surface area contributed by atoms with Gasteiger partial charge in [-0.25, -0.2) is 0 Å². The molecule has 0 amide bonds. The van der Waals surface area contributed by atoms with Crippen molar-refractivity contribution >= 4 is 15.9 Å². The second kappa shape index (κ2) is 6.08. The van der Waals surface area contributed by atoms with E-state index in [1.165, 1.54) is 0 Å². The standard InChI is InChI=1S/C11H16BrNO3/c1-13-6-10(14)8-4-7(15-2)5-9(12)11(8)16-3/h4-5,10,13-14H,6H2,1-3H3. The van der Waals surface area contributed by atoms with Crippen LogP contribution in [0.3, 0.4) is 0 Å². The number of ether oxygens (including phenoxy) is 2. The Balaban J connectivity index is 3.16. The van der Waals surface area contributed by atoms with Crippen molar-refractivity contribution in [1.29, 1.82) is 0 Å². The van der Waals surface area contributed by atoms with Crippen LogP contribution in [0.15, 0.2) is 16.6 Å². The minimum absolute atomic E-state index is 0.454. The molecule has 1 rings (SSSR count). The number of aliphatic hydroxyl groups excluding tert-OH is 1. The highest BCUT2D eigenvalue weighted by atomic mass is 79.9. The lowest BCUT2D eigenvalue weighted by atomic mass is 10.1.